The second-order valence-electron chi connectivity index (χ2n) is 4.80. The molecule has 0 spiro atoms. The van der Waals surface area contributed by atoms with Crippen molar-refractivity contribution in [3.05, 3.63) is 29.4 Å². The molecule has 1 fully saturated rings. The van der Waals surface area contributed by atoms with Crippen molar-refractivity contribution in [2.24, 2.45) is 24.0 Å². The normalized spacial score (nSPS) is 23.5. The number of hydrogen-bond acceptors (Lipinski definition) is 2. The fourth-order valence-electron chi connectivity index (χ4n) is 2.21. The van der Waals surface area contributed by atoms with E-state index in [2.05, 4.69) is 23.5 Å². The van der Waals surface area contributed by atoms with Gasteiger partial charge in [0.15, 0.2) is 5.49 Å². The van der Waals surface area contributed by atoms with E-state index in [0.29, 0.717) is 6.41 Å². The quantitative estimate of drug-likeness (QED) is 0.602. The maximum Gasteiger partial charge on any atom is 0.227 e. The van der Waals surface area contributed by atoms with E-state index in [1.54, 1.807) is 0 Å². The Morgan fingerprint density at radius 1 is 1.59 bits per heavy atom. The van der Waals surface area contributed by atoms with Crippen LogP contribution in [0.3, 0.4) is 0 Å². The number of hydrogen-bond donors (Lipinski definition) is 1. The van der Waals surface area contributed by atoms with Crippen molar-refractivity contribution in [1.29, 1.82) is 0 Å². The average Bonchev–Trinajstić information content (AvgIpc) is 3.02. The van der Waals surface area contributed by atoms with E-state index < -0.39 is 0 Å². The molecule has 1 aromatic heterocycles. The molecule has 0 radical (unpaired) electrons. The molecule has 2 atom stereocenters. The van der Waals surface area contributed by atoms with Crippen LogP contribution in [-0.4, -0.2) is 11.0 Å². The summed E-state index contributed by atoms with van der Waals surface area (Å²) in [5.41, 5.74) is 4.38. The number of nitrogens with zero attached hydrogens (tertiary/aromatic N) is 2. The molecule has 2 unspecified atom stereocenters. The summed E-state index contributed by atoms with van der Waals surface area (Å²) in [5, 5.41) is 3.99. The molecule has 0 aliphatic heterocycles. The van der Waals surface area contributed by atoms with Crippen LogP contribution in [-0.2, 0) is 18.3 Å². The molecule has 1 aromatic rings. The highest BCUT2D eigenvalue weighted by Crippen LogP contribution is 2.41. The number of carbonyl (C=O) groups excluding carboxylic acids is 1. The average molecular weight is 233 g/mol. The van der Waals surface area contributed by atoms with Crippen LogP contribution in [0.4, 0.5) is 0 Å². The van der Waals surface area contributed by atoms with E-state index in [0.717, 1.165) is 23.7 Å². The first-order valence-corrected chi connectivity index (χ1v) is 6.10. The maximum absolute atomic E-state index is 10.2. The largest absolute Gasteiger partial charge is 0.332 e. The van der Waals surface area contributed by atoms with Crippen LogP contribution in [0.25, 0.3) is 0 Å². The zero-order valence-corrected chi connectivity index (χ0v) is 10.4. The van der Waals surface area contributed by atoms with Gasteiger partial charge in [0.25, 0.3) is 0 Å². The van der Waals surface area contributed by atoms with Gasteiger partial charge in [-0.2, -0.15) is 5.10 Å². The van der Waals surface area contributed by atoms with Crippen LogP contribution < -0.4 is 10.9 Å². The number of aryl methyl sites for hydroxylation is 1. The summed E-state index contributed by atoms with van der Waals surface area (Å²) < 4.78 is 2.03. The van der Waals surface area contributed by atoms with Gasteiger partial charge in [-0.15, -0.1) is 0 Å². The Morgan fingerprint density at radius 2 is 2.35 bits per heavy atom. The predicted molar refractivity (Wildman–Crippen MR) is 65.8 cm³/mol. The van der Waals surface area contributed by atoms with Gasteiger partial charge in [0.05, 0.1) is 0 Å². The second-order valence-corrected chi connectivity index (χ2v) is 4.80. The Hall–Kier alpha value is -1.58. The van der Waals surface area contributed by atoms with Crippen molar-refractivity contribution in [1.82, 2.24) is 9.99 Å². The highest BCUT2D eigenvalue weighted by atomic mass is 16.1. The first kappa shape index (κ1) is 11.9. The maximum atomic E-state index is 10.2. The summed E-state index contributed by atoms with van der Waals surface area (Å²) in [5.74, 6) is 1.81. The molecule has 0 saturated heterocycles. The molecule has 1 amide bonds. The minimum Gasteiger partial charge on any atom is -0.332 e. The van der Waals surface area contributed by atoms with E-state index in [1.165, 1.54) is 18.5 Å². The molecule has 4 nitrogen and oxygen atoms in total. The van der Waals surface area contributed by atoms with Crippen LogP contribution >= 0.6 is 0 Å². The summed E-state index contributed by atoms with van der Waals surface area (Å²) in [6.45, 7) is 2.31. The second kappa shape index (κ2) is 5.17. The number of nitrogens with one attached hydrogen (secondary N) is 1. The topological polar surface area (TPSA) is 46.4 Å². The lowest BCUT2D eigenvalue weighted by atomic mass is 10.1. The molecule has 4 heteroatoms. The van der Waals surface area contributed by atoms with Gasteiger partial charge in [-0.25, -0.2) is 5.43 Å². The lowest BCUT2D eigenvalue weighted by Gasteiger charge is -2.08. The van der Waals surface area contributed by atoms with Crippen molar-refractivity contribution >= 4 is 6.41 Å². The number of aromatic nitrogens is 1. The highest BCUT2D eigenvalue weighted by molar-refractivity contribution is 5.44. The predicted octanol–water partition coefficient (Wildman–Crippen LogP) is 1.18. The molecule has 92 valence electrons. The Morgan fingerprint density at radius 3 is 3.00 bits per heavy atom. The third kappa shape index (κ3) is 2.96. The van der Waals surface area contributed by atoms with Crippen LogP contribution in [0, 0.1) is 11.8 Å². The summed E-state index contributed by atoms with van der Waals surface area (Å²) in [7, 11) is 1.98. The van der Waals surface area contributed by atoms with Crippen molar-refractivity contribution in [2.45, 2.75) is 26.2 Å². The van der Waals surface area contributed by atoms with Crippen LogP contribution in [0.2, 0.25) is 0 Å². The lowest BCUT2D eigenvalue weighted by Crippen LogP contribution is -2.24. The Kier molecular flexibility index (Phi) is 3.61. The molecule has 1 aliphatic rings. The van der Waals surface area contributed by atoms with Gasteiger partial charge in [-0.3, -0.25) is 4.79 Å². The number of rotatable bonds is 5. The highest BCUT2D eigenvalue weighted by Gasteiger charge is 2.31. The first-order chi connectivity index (χ1) is 8.22. The summed E-state index contributed by atoms with van der Waals surface area (Å²) in [6.07, 6.45) is 4.29. The Bertz CT molecular complexity index is 464. The zero-order chi connectivity index (χ0) is 12.3. The molecule has 2 rings (SSSR count). The third-order valence-electron chi connectivity index (χ3n) is 3.59. The molecule has 1 aliphatic carbocycles. The fraction of sp³-hybridized carbons (Fsp3) is 0.538. The summed E-state index contributed by atoms with van der Waals surface area (Å²) in [6, 6.07) is 5.99. The van der Waals surface area contributed by atoms with E-state index in [1.807, 2.05) is 23.7 Å². The van der Waals surface area contributed by atoms with Gasteiger partial charge in [0.1, 0.15) is 0 Å². The van der Waals surface area contributed by atoms with Crippen LogP contribution in [0.5, 0.6) is 0 Å². The Balaban J connectivity index is 2.08. The van der Waals surface area contributed by atoms with Crippen molar-refractivity contribution in [2.75, 3.05) is 0 Å². The van der Waals surface area contributed by atoms with E-state index in [9.17, 15) is 4.79 Å². The van der Waals surface area contributed by atoms with Crippen LogP contribution in [0.1, 0.15) is 25.5 Å². The van der Waals surface area contributed by atoms with Gasteiger partial charge in [-0.05, 0) is 43.2 Å². The fourth-order valence-corrected chi connectivity index (χ4v) is 2.21. The smallest absolute Gasteiger partial charge is 0.227 e. The number of carbonyl (C=O) groups is 1. The molecule has 0 bridgehead atoms. The Labute approximate surface area is 101 Å². The minimum absolute atomic E-state index is 0.582. The lowest BCUT2D eigenvalue weighted by molar-refractivity contribution is -0.109. The number of pyridine rings is 1. The monoisotopic (exact) mass is 233 g/mol. The molecular formula is C13H19N3O. The molecule has 1 saturated carbocycles. The molecule has 17 heavy (non-hydrogen) atoms. The first-order valence-electron chi connectivity index (χ1n) is 6.10. The molecule has 1 heterocycles. The standard InChI is InChI=1S/C13H19N3O/c1-10-8-11(10)6-7-12-4-3-5-13(16(12)2)15-14-9-17/h3-5,9-11H,6-8H2,1-2H3,(H,14,17)/b15-13-. The SMILES string of the molecule is CC1CC1CCc1ccc/c(=N/NC=O)n1C. The van der Waals surface area contributed by atoms with Gasteiger partial charge in [0, 0.05) is 12.7 Å². The minimum atomic E-state index is 0.582. The van der Waals surface area contributed by atoms with Gasteiger partial charge < -0.3 is 4.57 Å². The van der Waals surface area contributed by atoms with E-state index in [-0.39, 0.29) is 0 Å². The van der Waals surface area contributed by atoms with Gasteiger partial charge in [-0.1, -0.05) is 13.0 Å². The van der Waals surface area contributed by atoms with Gasteiger partial charge in [0.2, 0.25) is 6.41 Å². The zero-order valence-electron chi connectivity index (χ0n) is 10.4. The third-order valence-corrected chi connectivity index (χ3v) is 3.59. The molecule has 1 N–H and O–H groups in total. The van der Waals surface area contributed by atoms with Crippen molar-refractivity contribution in [3.63, 3.8) is 0 Å². The molecule has 0 aromatic carbocycles. The van der Waals surface area contributed by atoms with Gasteiger partial charge >= 0.3 is 0 Å². The van der Waals surface area contributed by atoms with Crippen LogP contribution in [0.15, 0.2) is 23.3 Å². The molecular weight excluding hydrogens is 214 g/mol. The number of amides is 1. The van der Waals surface area contributed by atoms with E-state index in [4.69, 9.17) is 0 Å². The van der Waals surface area contributed by atoms with Crippen molar-refractivity contribution < 1.29 is 4.79 Å². The van der Waals surface area contributed by atoms with Crippen molar-refractivity contribution in [3.8, 4) is 0 Å². The summed E-state index contributed by atoms with van der Waals surface area (Å²) >= 11 is 0. The summed E-state index contributed by atoms with van der Waals surface area (Å²) in [4.78, 5) is 10.2. The van der Waals surface area contributed by atoms with E-state index >= 15 is 0 Å².